The van der Waals surface area contributed by atoms with E-state index >= 15 is 0 Å². The van der Waals surface area contributed by atoms with Crippen molar-refractivity contribution in [1.29, 1.82) is 0 Å². The number of carbonyl (C=O) groups excluding carboxylic acids is 2. The molecule has 0 aliphatic carbocycles. The molecule has 0 aromatic heterocycles. The Kier molecular flexibility index (Phi) is 8.48. The Morgan fingerprint density at radius 1 is 1.14 bits per heavy atom. The Morgan fingerprint density at radius 2 is 1.71 bits per heavy atom. The summed E-state index contributed by atoms with van der Waals surface area (Å²) in [4.78, 5) is 24.9. The number of esters is 1. The molecule has 0 bridgehead atoms. The Hall–Kier alpha value is -2.09. The Labute approximate surface area is 168 Å². The van der Waals surface area contributed by atoms with Gasteiger partial charge in [0.25, 0.3) is 0 Å². The summed E-state index contributed by atoms with van der Waals surface area (Å²) in [6, 6.07) is 8.33. The standard InChI is InChI=1S/C20H32N2O5S/c1-15(2)14-16(12-13-18(23)27-20(3,4)5)19(24)21-22(28(6,25)26)17-10-8-7-9-11-17/h7-11,15-16H,12-14H2,1-6H3,(H,21,24)/t16-/m1/s1. The normalized spacial score (nSPS) is 13.1. The molecule has 0 saturated carbocycles. The summed E-state index contributed by atoms with van der Waals surface area (Å²) >= 11 is 0. The van der Waals surface area contributed by atoms with Crippen LogP contribution in [0.25, 0.3) is 0 Å². The first-order chi connectivity index (χ1) is 12.8. The van der Waals surface area contributed by atoms with Crippen LogP contribution in [0.2, 0.25) is 0 Å². The average Bonchev–Trinajstić information content (AvgIpc) is 2.54. The summed E-state index contributed by atoms with van der Waals surface area (Å²) in [5, 5.41) is 0. The van der Waals surface area contributed by atoms with Gasteiger partial charge in [0.15, 0.2) is 0 Å². The highest BCUT2D eigenvalue weighted by molar-refractivity contribution is 7.92. The largest absolute Gasteiger partial charge is 0.460 e. The third kappa shape index (κ3) is 8.73. The van der Waals surface area contributed by atoms with Gasteiger partial charge >= 0.3 is 5.97 Å². The molecule has 0 aliphatic rings. The Bertz CT molecular complexity index is 755. The quantitative estimate of drug-likeness (QED) is 0.496. The molecule has 0 heterocycles. The van der Waals surface area contributed by atoms with Crippen molar-refractivity contribution < 1.29 is 22.7 Å². The summed E-state index contributed by atoms with van der Waals surface area (Å²) < 4.78 is 30.5. The average molecular weight is 413 g/mol. The number of amides is 1. The van der Waals surface area contributed by atoms with E-state index in [1.54, 1.807) is 51.1 Å². The monoisotopic (exact) mass is 412 g/mol. The lowest BCUT2D eigenvalue weighted by atomic mass is 9.92. The van der Waals surface area contributed by atoms with Gasteiger partial charge in [-0.2, -0.15) is 4.41 Å². The fourth-order valence-corrected chi connectivity index (χ4v) is 3.46. The maximum Gasteiger partial charge on any atom is 0.306 e. The minimum Gasteiger partial charge on any atom is -0.460 e. The zero-order valence-corrected chi connectivity index (χ0v) is 18.4. The number of hydrogen-bond acceptors (Lipinski definition) is 5. The third-order valence-electron chi connectivity index (χ3n) is 3.78. The van der Waals surface area contributed by atoms with Gasteiger partial charge in [0.2, 0.25) is 15.9 Å². The van der Waals surface area contributed by atoms with Crippen LogP contribution < -0.4 is 9.84 Å². The van der Waals surface area contributed by atoms with Crippen molar-refractivity contribution in [3.63, 3.8) is 0 Å². The van der Waals surface area contributed by atoms with Crippen LogP contribution in [-0.2, 0) is 24.3 Å². The number of carbonyl (C=O) groups is 2. The topological polar surface area (TPSA) is 92.8 Å². The maximum absolute atomic E-state index is 12.8. The zero-order chi connectivity index (χ0) is 21.5. The number of ether oxygens (including phenoxy) is 1. The van der Waals surface area contributed by atoms with Crippen LogP contribution in [-0.4, -0.2) is 32.2 Å². The van der Waals surface area contributed by atoms with Gasteiger partial charge in [0.05, 0.1) is 11.9 Å². The SMILES string of the molecule is CC(C)C[C@@H](CCC(=O)OC(C)(C)C)C(=O)NN(c1ccccc1)S(C)(=O)=O. The van der Waals surface area contributed by atoms with Crippen molar-refractivity contribution in [2.45, 2.75) is 59.5 Å². The summed E-state index contributed by atoms with van der Waals surface area (Å²) in [6.07, 6.45) is 1.93. The molecule has 8 heteroatoms. The highest BCUT2D eigenvalue weighted by Gasteiger charge is 2.27. The second-order valence-corrected chi connectivity index (χ2v) is 10.1. The molecule has 0 fully saturated rings. The fourth-order valence-electron chi connectivity index (χ4n) is 2.70. The number of rotatable bonds is 9. The van der Waals surface area contributed by atoms with Crippen LogP contribution in [0.4, 0.5) is 5.69 Å². The third-order valence-corrected chi connectivity index (χ3v) is 4.74. The first-order valence-corrected chi connectivity index (χ1v) is 11.2. The highest BCUT2D eigenvalue weighted by Crippen LogP contribution is 2.21. The number of hydrazine groups is 1. The molecular formula is C20H32N2O5S. The van der Waals surface area contributed by atoms with Crippen LogP contribution in [0, 0.1) is 11.8 Å². The van der Waals surface area contributed by atoms with Crippen molar-refractivity contribution in [2.24, 2.45) is 11.8 Å². The lowest BCUT2D eigenvalue weighted by Gasteiger charge is -2.26. The number of anilines is 1. The number of sulfonamides is 1. The van der Waals surface area contributed by atoms with Gasteiger partial charge < -0.3 is 4.74 Å². The molecule has 158 valence electrons. The van der Waals surface area contributed by atoms with Crippen LogP contribution in [0.15, 0.2) is 30.3 Å². The molecule has 0 unspecified atom stereocenters. The molecule has 1 rings (SSSR count). The minimum absolute atomic E-state index is 0.0896. The first kappa shape index (κ1) is 23.9. The van der Waals surface area contributed by atoms with Gasteiger partial charge in [-0.05, 0) is 51.7 Å². The number of nitrogens with zero attached hydrogens (tertiary/aromatic N) is 1. The van der Waals surface area contributed by atoms with E-state index in [-0.39, 0.29) is 24.7 Å². The molecule has 0 spiro atoms. The highest BCUT2D eigenvalue weighted by atomic mass is 32.2. The van der Waals surface area contributed by atoms with Crippen LogP contribution in [0.1, 0.15) is 53.9 Å². The molecule has 28 heavy (non-hydrogen) atoms. The number of benzene rings is 1. The summed E-state index contributed by atoms with van der Waals surface area (Å²) in [5.41, 5.74) is 2.26. The number of hydrogen-bond donors (Lipinski definition) is 1. The first-order valence-electron chi connectivity index (χ1n) is 9.37. The minimum atomic E-state index is -3.72. The summed E-state index contributed by atoms with van der Waals surface area (Å²) in [5.74, 6) is -1.12. The van der Waals surface area contributed by atoms with E-state index in [0.717, 1.165) is 10.7 Å². The Balaban J connectivity index is 2.91. The van der Waals surface area contributed by atoms with E-state index in [9.17, 15) is 18.0 Å². The lowest BCUT2D eigenvalue weighted by Crippen LogP contribution is -2.48. The van der Waals surface area contributed by atoms with Gasteiger partial charge in [-0.15, -0.1) is 0 Å². The van der Waals surface area contributed by atoms with Gasteiger partial charge in [-0.25, -0.2) is 8.42 Å². The molecule has 1 atom stereocenters. The molecule has 1 N–H and O–H groups in total. The molecule has 0 saturated heterocycles. The molecule has 0 radical (unpaired) electrons. The second kappa shape index (κ2) is 9.91. The van der Waals surface area contributed by atoms with E-state index < -0.39 is 27.4 Å². The summed E-state index contributed by atoms with van der Waals surface area (Å²) in [6.45, 7) is 9.30. The fraction of sp³-hybridized carbons (Fsp3) is 0.600. The molecule has 7 nitrogen and oxygen atoms in total. The van der Waals surface area contributed by atoms with E-state index in [1.807, 2.05) is 13.8 Å². The predicted octanol–water partition coefficient (Wildman–Crippen LogP) is 3.27. The van der Waals surface area contributed by atoms with Gasteiger partial charge in [-0.3, -0.25) is 15.0 Å². The van der Waals surface area contributed by atoms with Crippen LogP contribution in [0.3, 0.4) is 0 Å². The van der Waals surface area contributed by atoms with Crippen LogP contribution in [0.5, 0.6) is 0 Å². The van der Waals surface area contributed by atoms with E-state index in [2.05, 4.69) is 5.43 Å². The smallest absolute Gasteiger partial charge is 0.306 e. The molecule has 1 aromatic carbocycles. The van der Waals surface area contributed by atoms with Crippen molar-refractivity contribution in [3.05, 3.63) is 30.3 Å². The lowest BCUT2D eigenvalue weighted by molar-refractivity contribution is -0.155. The van der Waals surface area contributed by atoms with E-state index in [4.69, 9.17) is 4.74 Å². The van der Waals surface area contributed by atoms with Crippen molar-refractivity contribution in [2.75, 3.05) is 10.7 Å². The van der Waals surface area contributed by atoms with Crippen molar-refractivity contribution >= 4 is 27.6 Å². The Morgan fingerprint density at radius 3 is 2.18 bits per heavy atom. The van der Waals surface area contributed by atoms with E-state index in [0.29, 0.717) is 12.1 Å². The summed E-state index contributed by atoms with van der Waals surface area (Å²) in [7, 11) is -3.72. The van der Waals surface area contributed by atoms with Crippen molar-refractivity contribution in [3.8, 4) is 0 Å². The number of nitrogens with one attached hydrogen (secondary N) is 1. The number of para-hydroxylation sites is 1. The molecule has 0 aliphatic heterocycles. The van der Waals surface area contributed by atoms with Gasteiger partial charge in [0.1, 0.15) is 5.60 Å². The van der Waals surface area contributed by atoms with E-state index in [1.165, 1.54) is 0 Å². The predicted molar refractivity (Wildman–Crippen MR) is 110 cm³/mol. The molecular weight excluding hydrogens is 380 g/mol. The second-order valence-electron chi connectivity index (χ2n) is 8.29. The maximum atomic E-state index is 12.8. The van der Waals surface area contributed by atoms with Gasteiger partial charge in [0, 0.05) is 12.3 Å². The van der Waals surface area contributed by atoms with Gasteiger partial charge in [-0.1, -0.05) is 32.0 Å². The molecule has 1 aromatic rings. The molecule has 1 amide bonds. The van der Waals surface area contributed by atoms with Crippen LogP contribution >= 0.6 is 0 Å². The zero-order valence-electron chi connectivity index (χ0n) is 17.6. The van der Waals surface area contributed by atoms with Crippen molar-refractivity contribution in [1.82, 2.24) is 5.43 Å².